The van der Waals surface area contributed by atoms with E-state index in [1.54, 1.807) is 29.8 Å². The molecule has 0 radical (unpaired) electrons. The van der Waals surface area contributed by atoms with E-state index in [0.29, 0.717) is 5.56 Å². The van der Waals surface area contributed by atoms with Gasteiger partial charge in [0.05, 0.1) is 5.39 Å². The van der Waals surface area contributed by atoms with E-state index in [1.165, 1.54) is 11.1 Å². The Hall–Kier alpha value is -4.03. The van der Waals surface area contributed by atoms with Crippen molar-refractivity contribution >= 4 is 39.0 Å². The number of rotatable bonds is 5. The average molecular weight is 423 g/mol. The van der Waals surface area contributed by atoms with Gasteiger partial charge in [0.25, 0.3) is 0 Å². The lowest BCUT2D eigenvalue weighted by Gasteiger charge is -2.09. The van der Waals surface area contributed by atoms with Crippen molar-refractivity contribution in [2.24, 2.45) is 5.73 Å². The zero-order valence-electron chi connectivity index (χ0n) is 16.4. The van der Waals surface area contributed by atoms with E-state index < -0.39 is 5.91 Å². The van der Waals surface area contributed by atoms with Crippen molar-refractivity contribution in [3.8, 4) is 22.3 Å². The summed E-state index contributed by atoms with van der Waals surface area (Å²) in [4.78, 5) is 21.1. The van der Waals surface area contributed by atoms with Gasteiger partial charge in [-0.05, 0) is 41.0 Å². The molecule has 0 aliphatic heterocycles. The number of nitrogens with zero attached hydrogens (tertiary/aromatic N) is 2. The van der Waals surface area contributed by atoms with E-state index >= 15 is 0 Å². The summed E-state index contributed by atoms with van der Waals surface area (Å²) in [6, 6.07) is 25.9. The van der Waals surface area contributed by atoms with Gasteiger partial charge in [-0.25, -0.2) is 9.97 Å². The van der Waals surface area contributed by atoms with Gasteiger partial charge < -0.3 is 11.1 Å². The molecule has 0 fully saturated rings. The van der Waals surface area contributed by atoms with Gasteiger partial charge in [0.2, 0.25) is 5.91 Å². The van der Waals surface area contributed by atoms with Gasteiger partial charge in [0, 0.05) is 22.2 Å². The highest BCUT2D eigenvalue weighted by molar-refractivity contribution is 7.17. The summed E-state index contributed by atoms with van der Waals surface area (Å²) in [5, 5.41) is 6.43. The third-order valence-corrected chi connectivity index (χ3v) is 5.99. The molecule has 2 heterocycles. The van der Waals surface area contributed by atoms with Crippen LogP contribution in [0, 0.1) is 0 Å². The first-order valence-corrected chi connectivity index (χ1v) is 10.6. The molecule has 0 bridgehead atoms. The number of hydrogen-bond donors (Lipinski definition) is 2. The van der Waals surface area contributed by atoms with E-state index in [1.807, 2.05) is 30.3 Å². The molecule has 5 rings (SSSR count). The van der Waals surface area contributed by atoms with Crippen molar-refractivity contribution in [1.29, 1.82) is 0 Å². The number of aromatic nitrogens is 2. The Balaban J connectivity index is 1.51. The van der Waals surface area contributed by atoms with Crippen molar-refractivity contribution in [2.45, 2.75) is 0 Å². The number of primary amides is 1. The second-order valence-corrected chi connectivity index (χ2v) is 7.92. The Labute approximate surface area is 183 Å². The maximum Gasteiger partial charge on any atom is 0.248 e. The van der Waals surface area contributed by atoms with E-state index in [0.717, 1.165) is 32.8 Å². The average Bonchev–Trinajstić information content (AvgIpc) is 3.25. The van der Waals surface area contributed by atoms with Crippen LogP contribution in [0.2, 0.25) is 0 Å². The third-order valence-electron chi connectivity index (χ3n) is 5.11. The molecule has 0 saturated heterocycles. The molecule has 2 aromatic heterocycles. The summed E-state index contributed by atoms with van der Waals surface area (Å²) in [5.74, 6) is 0.273. The number of fused-ring (bicyclic) bond motifs is 1. The minimum Gasteiger partial charge on any atom is -0.366 e. The summed E-state index contributed by atoms with van der Waals surface area (Å²) in [5.41, 5.74) is 11.2. The highest BCUT2D eigenvalue weighted by Crippen LogP contribution is 2.38. The molecule has 6 heteroatoms. The van der Waals surface area contributed by atoms with Crippen LogP contribution in [0.1, 0.15) is 10.4 Å². The van der Waals surface area contributed by atoms with Gasteiger partial charge in [0.15, 0.2) is 0 Å². The monoisotopic (exact) mass is 422 g/mol. The number of nitrogens with two attached hydrogens (primary N) is 1. The van der Waals surface area contributed by atoms with E-state index in [4.69, 9.17) is 5.73 Å². The molecular weight excluding hydrogens is 404 g/mol. The molecule has 5 nitrogen and oxygen atoms in total. The van der Waals surface area contributed by atoms with Crippen LogP contribution in [0.5, 0.6) is 0 Å². The quantitative estimate of drug-likeness (QED) is 0.371. The molecule has 0 atom stereocenters. The Morgan fingerprint density at radius 1 is 0.806 bits per heavy atom. The third kappa shape index (κ3) is 3.76. The number of thiophene rings is 1. The Bertz CT molecular complexity index is 1360. The first kappa shape index (κ1) is 19.0. The Morgan fingerprint density at radius 3 is 2.19 bits per heavy atom. The van der Waals surface area contributed by atoms with Gasteiger partial charge in [-0.3, -0.25) is 4.79 Å². The smallest absolute Gasteiger partial charge is 0.248 e. The fourth-order valence-electron chi connectivity index (χ4n) is 3.51. The topological polar surface area (TPSA) is 80.9 Å². The lowest BCUT2D eigenvalue weighted by atomic mass is 10.0. The predicted octanol–water partition coefficient (Wildman–Crippen LogP) is 5.87. The number of benzene rings is 3. The minimum atomic E-state index is -0.449. The normalized spacial score (nSPS) is 10.8. The molecule has 150 valence electrons. The molecule has 31 heavy (non-hydrogen) atoms. The second-order valence-electron chi connectivity index (χ2n) is 7.06. The summed E-state index contributed by atoms with van der Waals surface area (Å²) in [6.07, 6.45) is 1.56. The van der Waals surface area contributed by atoms with Gasteiger partial charge in [-0.1, -0.05) is 54.6 Å². The van der Waals surface area contributed by atoms with Crippen molar-refractivity contribution in [3.63, 3.8) is 0 Å². The molecule has 3 N–H and O–H groups in total. The number of anilines is 2. The fraction of sp³-hybridized carbons (Fsp3) is 0. The van der Waals surface area contributed by atoms with E-state index in [-0.39, 0.29) is 0 Å². The van der Waals surface area contributed by atoms with Crippen molar-refractivity contribution < 1.29 is 4.79 Å². The number of hydrogen-bond acceptors (Lipinski definition) is 5. The fourth-order valence-corrected chi connectivity index (χ4v) is 4.43. The standard InChI is InChI=1S/C25H18N4OS/c26-23(30)19-10-12-20(13-11-19)29-24-22-21(14-31-25(22)28-15-27-24)18-8-6-17(7-9-18)16-4-2-1-3-5-16/h1-15H,(H2,26,30)(H,27,28,29). The maximum atomic E-state index is 11.3. The Morgan fingerprint density at radius 2 is 1.48 bits per heavy atom. The van der Waals surface area contributed by atoms with E-state index in [2.05, 4.69) is 57.1 Å². The van der Waals surface area contributed by atoms with Crippen molar-refractivity contribution in [2.75, 3.05) is 5.32 Å². The SMILES string of the molecule is NC(=O)c1ccc(Nc2ncnc3scc(-c4ccc(-c5ccccc5)cc4)c23)cc1. The van der Waals surface area contributed by atoms with Crippen LogP contribution < -0.4 is 11.1 Å². The summed E-state index contributed by atoms with van der Waals surface area (Å²) < 4.78 is 0. The van der Waals surface area contributed by atoms with Crippen LogP contribution in [-0.2, 0) is 0 Å². The largest absolute Gasteiger partial charge is 0.366 e. The zero-order valence-corrected chi connectivity index (χ0v) is 17.3. The highest BCUT2D eigenvalue weighted by atomic mass is 32.1. The highest BCUT2D eigenvalue weighted by Gasteiger charge is 2.14. The molecule has 3 aromatic carbocycles. The molecule has 0 saturated carbocycles. The number of amides is 1. The molecule has 1 amide bonds. The predicted molar refractivity (Wildman–Crippen MR) is 127 cm³/mol. The van der Waals surface area contributed by atoms with Crippen LogP contribution in [0.15, 0.2) is 90.6 Å². The van der Waals surface area contributed by atoms with Gasteiger partial charge in [-0.15, -0.1) is 11.3 Å². The molecular formula is C25H18N4OS. The minimum absolute atomic E-state index is 0.449. The van der Waals surface area contributed by atoms with Crippen LogP contribution in [0.25, 0.3) is 32.5 Å². The second kappa shape index (κ2) is 8.01. The molecule has 0 aliphatic rings. The lowest BCUT2D eigenvalue weighted by molar-refractivity contribution is 0.100. The van der Waals surface area contributed by atoms with Gasteiger partial charge >= 0.3 is 0 Å². The molecule has 5 aromatic rings. The van der Waals surface area contributed by atoms with Crippen molar-refractivity contribution in [1.82, 2.24) is 9.97 Å². The molecule has 0 unspecified atom stereocenters. The van der Waals surface area contributed by atoms with Crippen LogP contribution in [0.4, 0.5) is 11.5 Å². The lowest BCUT2D eigenvalue weighted by Crippen LogP contribution is -2.10. The number of carbonyl (C=O) groups excluding carboxylic acids is 1. The first-order chi connectivity index (χ1) is 15.2. The molecule has 0 spiro atoms. The number of nitrogens with one attached hydrogen (secondary N) is 1. The van der Waals surface area contributed by atoms with Crippen LogP contribution >= 0.6 is 11.3 Å². The molecule has 0 aliphatic carbocycles. The van der Waals surface area contributed by atoms with Crippen LogP contribution in [-0.4, -0.2) is 15.9 Å². The summed E-state index contributed by atoms with van der Waals surface area (Å²) in [6.45, 7) is 0. The van der Waals surface area contributed by atoms with E-state index in [9.17, 15) is 4.79 Å². The van der Waals surface area contributed by atoms with Gasteiger partial charge in [-0.2, -0.15) is 0 Å². The summed E-state index contributed by atoms with van der Waals surface area (Å²) >= 11 is 1.59. The van der Waals surface area contributed by atoms with Crippen LogP contribution in [0.3, 0.4) is 0 Å². The maximum absolute atomic E-state index is 11.3. The Kier molecular flexibility index (Phi) is 4.90. The zero-order chi connectivity index (χ0) is 21.2. The number of carbonyl (C=O) groups is 1. The first-order valence-electron chi connectivity index (χ1n) is 9.74. The summed E-state index contributed by atoms with van der Waals surface area (Å²) in [7, 11) is 0. The van der Waals surface area contributed by atoms with Crippen molar-refractivity contribution in [3.05, 3.63) is 96.1 Å². The van der Waals surface area contributed by atoms with Gasteiger partial charge in [0.1, 0.15) is 17.0 Å².